The Morgan fingerprint density at radius 3 is 2.86 bits per heavy atom. The number of carbonyl (C=O) groups is 1. The predicted octanol–water partition coefficient (Wildman–Crippen LogP) is 2.10. The molecule has 0 aromatic carbocycles. The largest absolute Gasteiger partial charge is 0.475 e. The molecule has 0 aliphatic carbocycles. The van der Waals surface area contributed by atoms with Gasteiger partial charge in [0.2, 0.25) is 5.88 Å². The molecule has 1 fully saturated rings. The maximum absolute atomic E-state index is 12.5. The first-order chi connectivity index (χ1) is 10.1. The molecule has 1 aromatic rings. The Morgan fingerprint density at radius 1 is 1.52 bits per heavy atom. The number of amides is 1. The third kappa shape index (κ3) is 4.17. The molecule has 1 aromatic heterocycles. The van der Waals surface area contributed by atoms with Crippen LogP contribution < -0.4 is 4.74 Å². The van der Waals surface area contributed by atoms with Crippen LogP contribution in [0, 0.1) is 5.92 Å². The van der Waals surface area contributed by atoms with Crippen molar-refractivity contribution >= 4 is 5.91 Å². The van der Waals surface area contributed by atoms with Crippen LogP contribution in [0.4, 0.5) is 0 Å². The van der Waals surface area contributed by atoms with Crippen molar-refractivity contribution in [1.82, 2.24) is 9.88 Å². The molecular weight excluding hydrogens is 268 g/mol. The van der Waals surface area contributed by atoms with Gasteiger partial charge in [-0.2, -0.15) is 0 Å². The smallest absolute Gasteiger partial charge is 0.254 e. The maximum Gasteiger partial charge on any atom is 0.254 e. The van der Waals surface area contributed by atoms with E-state index in [1.165, 1.54) is 0 Å². The van der Waals surface area contributed by atoms with Gasteiger partial charge in [-0.05, 0) is 38.2 Å². The molecule has 0 radical (unpaired) electrons. The van der Waals surface area contributed by atoms with E-state index >= 15 is 0 Å². The molecule has 2 heterocycles. The lowest BCUT2D eigenvalue weighted by Gasteiger charge is -2.31. The van der Waals surface area contributed by atoms with Gasteiger partial charge in [-0.25, -0.2) is 4.98 Å². The van der Waals surface area contributed by atoms with E-state index in [1.54, 1.807) is 18.3 Å². The van der Waals surface area contributed by atoms with Crippen molar-refractivity contribution in [1.29, 1.82) is 0 Å². The monoisotopic (exact) mass is 292 g/mol. The van der Waals surface area contributed by atoms with Gasteiger partial charge >= 0.3 is 0 Å². The number of aliphatic hydroxyl groups excluding tert-OH is 1. The van der Waals surface area contributed by atoms with Crippen LogP contribution in [-0.2, 0) is 0 Å². The number of carbonyl (C=O) groups excluding carboxylic acids is 1. The third-order valence-corrected chi connectivity index (χ3v) is 4.04. The molecule has 2 rings (SSSR count). The molecule has 1 saturated heterocycles. The van der Waals surface area contributed by atoms with Crippen molar-refractivity contribution in [2.45, 2.75) is 39.2 Å². The minimum absolute atomic E-state index is 0.0165. The van der Waals surface area contributed by atoms with Crippen molar-refractivity contribution < 1.29 is 14.6 Å². The lowest BCUT2D eigenvalue weighted by molar-refractivity contribution is 0.0650. The van der Waals surface area contributed by atoms with E-state index < -0.39 is 0 Å². The molecule has 1 aliphatic rings. The van der Waals surface area contributed by atoms with Gasteiger partial charge in [0.1, 0.15) is 0 Å². The zero-order valence-corrected chi connectivity index (χ0v) is 12.8. The lowest BCUT2D eigenvalue weighted by atomic mass is 9.97. The van der Waals surface area contributed by atoms with Crippen LogP contribution in [0.2, 0.25) is 0 Å². The topological polar surface area (TPSA) is 62.7 Å². The van der Waals surface area contributed by atoms with Crippen LogP contribution >= 0.6 is 0 Å². The van der Waals surface area contributed by atoms with E-state index in [9.17, 15) is 4.79 Å². The maximum atomic E-state index is 12.5. The summed E-state index contributed by atoms with van der Waals surface area (Å²) in [5.74, 6) is 0.846. The Morgan fingerprint density at radius 2 is 2.24 bits per heavy atom. The first-order valence-corrected chi connectivity index (χ1v) is 7.66. The number of aliphatic hydroxyl groups is 1. The molecule has 1 unspecified atom stereocenters. The predicted molar refractivity (Wildman–Crippen MR) is 80.3 cm³/mol. The number of nitrogens with zero attached hydrogens (tertiary/aromatic N) is 2. The van der Waals surface area contributed by atoms with Crippen LogP contribution in [0.3, 0.4) is 0 Å². The third-order valence-electron chi connectivity index (χ3n) is 4.04. The van der Waals surface area contributed by atoms with E-state index in [-0.39, 0.29) is 18.6 Å². The molecule has 21 heavy (non-hydrogen) atoms. The van der Waals surface area contributed by atoms with E-state index in [0.717, 1.165) is 19.3 Å². The Balaban J connectivity index is 2.01. The molecule has 1 amide bonds. The normalized spacial score (nSPS) is 17.6. The standard InChI is InChI=1S/C16H24N2O3/c1-3-12(2)21-15-10-14(4-7-17-15)16(20)18-8-5-13(11-19)6-9-18/h4,7,10,12-13,19H,3,5-6,8-9,11H2,1-2H3. The van der Waals surface area contributed by atoms with E-state index in [2.05, 4.69) is 4.98 Å². The van der Waals surface area contributed by atoms with Crippen molar-refractivity contribution in [2.24, 2.45) is 5.92 Å². The van der Waals surface area contributed by atoms with Crippen LogP contribution in [0.5, 0.6) is 5.88 Å². The molecule has 0 saturated carbocycles. The minimum atomic E-state index is 0.0165. The number of ether oxygens (including phenoxy) is 1. The van der Waals surface area contributed by atoms with Crippen LogP contribution in [-0.4, -0.2) is 46.7 Å². The average Bonchev–Trinajstić information content (AvgIpc) is 2.54. The van der Waals surface area contributed by atoms with Gasteiger partial charge in [0.25, 0.3) is 5.91 Å². The van der Waals surface area contributed by atoms with Crippen molar-refractivity contribution in [3.8, 4) is 5.88 Å². The average molecular weight is 292 g/mol. The molecular formula is C16H24N2O3. The van der Waals surface area contributed by atoms with Gasteiger partial charge in [-0.15, -0.1) is 0 Å². The molecule has 0 spiro atoms. The fraction of sp³-hybridized carbons (Fsp3) is 0.625. The summed E-state index contributed by atoms with van der Waals surface area (Å²) in [6, 6.07) is 3.44. The first-order valence-electron chi connectivity index (χ1n) is 7.66. The highest BCUT2D eigenvalue weighted by Gasteiger charge is 2.23. The fourth-order valence-electron chi connectivity index (χ4n) is 2.40. The molecule has 1 atom stereocenters. The highest BCUT2D eigenvalue weighted by molar-refractivity contribution is 5.94. The molecule has 0 bridgehead atoms. The summed E-state index contributed by atoms with van der Waals surface area (Å²) in [5.41, 5.74) is 0.616. The van der Waals surface area contributed by atoms with Crippen molar-refractivity contribution in [2.75, 3.05) is 19.7 Å². The van der Waals surface area contributed by atoms with Crippen LogP contribution in [0.1, 0.15) is 43.5 Å². The summed E-state index contributed by atoms with van der Waals surface area (Å²) in [5, 5.41) is 9.15. The summed E-state index contributed by atoms with van der Waals surface area (Å²) in [6.07, 6.45) is 4.33. The van der Waals surface area contributed by atoms with Gasteiger partial charge in [0.05, 0.1) is 6.10 Å². The van der Waals surface area contributed by atoms with Crippen LogP contribution in [0.15, 0.2) is 18.3 Å². The fourth-order valence-corrected chi connectivity index (χ4v) is 2.40. The quantitative estimate of drug-likeness (QED) is 0.903. The molecule has 116 valence electrons. The number of pyridine rings is 1. The number of aromatic nitrogens is 1. The molecule has 1 aliphatic heterocycles. The Hall–Kier alpha value is -1.62. The van der Waals surface area contributed by atoms with Gasteiger partial charge < -0.3 is 14.7 Å². The molecule has 5 nitrogen and oxygen atoms in total. The van der Waals surface area contributed by atoms with E-state index in [4.69, 9.17) is 9.84 Å². The molecule has 1 N–H and O–H groups in total. The number of rotatable bonds is 5. The van der Waals surface area contributed by atoms with E-state index in [0.29, 0.717) is 30.5 Å². The van der Waals surface area contributed by atoms with E-state index in [1.807, 2.05) is 18.7 Å². The van der Waals surface area contributed by atoms with Crippen LogP contribution in [0.25, 0.3) is 0 Å². The van der Waals surface area contributed by atoms with Crippen molar-refractivity contribution in [3.05, 3.63) is 23.9 Å². The summed E-state index contributed by atoms with van der Waals surface area (Å²) in [6.45, 7) is 5.65. The second-order valence-corrected chi connectivity index (χ2v) is 5.64. The number of hydrogen-bond acceptors (Lipinski definition) is 4. The summed E-state index contributed by atoms with van der Waals surface area (Å²) >= 11 is 0. The lowest BCUT2D eigenvalue weighted by Crippen LogP contribution is -2.39. The second-order valence-electron chi connectivity index (χ2n) is 5.64. The van der Waals surface area contributed by atoms with Gasteiger partial charge in [0, 0.05) is 37.5 Å². The number of hydrogen-bond donors (Lipinski definition) is 1. The minimum Gasteiger partial charge on any atom is -0.475 e. The van der Waals surface area contributed by atoms with Gasteiger partial charge in [-0.3, -0.25) is 4.79 Å². The first kappa shape index (κ1) is 15.8. The molecule has 5 heteroatoms. The number of likely N-dealkylation sites (tertiary alicyclic amines) is 1. The zero-order valence-electron chi connectivity index (χ0n) is 12.8. The summed E-state index contributed by atoms with van der Waals surface area (Å²) < 4.78 is 5.66. The second kappa shape index (κ2) is 7.41. The van der Waals surface area contributed by atoms with Crippen molar-refractivity contribution in [3.63, 3.8) is 0 Å². The Bertz CT molecular complexity index is 470. The van der Waals surface area contributed by atoms with Gasteiger partial charge in [0.15, 0.2) is 0 Å². The Kier molecular flexibility index (Phi) is 5.56. The SMILES string of the molecule is CCC(C)Oc1cc(C(=O)N2CCC(CO)CC2)ccn1. The summed E-state index contributed by atoms with van der Waals surface area (Å²) in [4.78, 5) is 18.5. The zero-order chi connectivity index (χ0) is 15.2. The summed E-state index contributed by atoms with van der Waals surface area (Å²) in [7, 11) is 0. The van der Waals surface area contributed by atoms with Gasteiger partial charge in [-0.1, -0.05) is 6.92 Å². The highest BCUT2D eigenvalue weighted by Crippen LogP contribution is 2.20. The Labute approximate surface area is 125 Å². The number of piperidine rings is 1. The highest BCUT2D eigenvalue weighted by atomic mass is 16.5.